The van der Waals surface area contributed by atoms with Crippen molar-refractivity contribution >= 4 is 28.6 Å². The van der Waals surface area contributed by atoms with Gasteiger partial charge in [0.15, 0.2) is 0 Å². The number of rotatable bonds is 3. The SMILES string of the molecule is Cc1ccc2nc(SCC(=O)N3CCC[C@]4(CCC[C@H]4O)C3)cc(C)c2c1. The zero-order chi connectivity index (χ0) is 19.0. The minimum absolute atomic E-state index is 0.0474. The molecule has 2 aromatic rings. The smallest absolute Gasteiger partial charge is 0.233 e. The number of aliphatic hydroxyl groups excluding tert-OH is 1. The molecule has 1 aromatic carbocycles. The predicted molar refractivity (Wildman–Crippen MR) is 110 cm³/mol. The molecular weight excluding hydrogens is 356 g/mol. The topological polar surface area (TPSA) is 53.4 Å². The van der Waals surface area contributed by atoms with Gasteiger partial charge in [-0.1, -0.05) is 29.8 Å². The third kappa shape index (κ3) is 3.72. The number of amides is 1. The normalized spacial score (nSPS) is 25.4. The first-order valence-corrected chi connectivity index (χ1v) is 10.9. The first kappa shape index (κ1) is 18.8. The van der Waals surface area contributed by atoms with E-state index in [-0.39, 0.29) is 17.4 Å². The van der Waals surface area contributed by atoms with E-state index in [9.17, 15) is 9.90 Å². The fraction of sp³-hybridized carbons (Fsp3) is 0.545. The van der Waals surface area contributed by atoms with Gasteiger partial charge in [-0.25, -0.2) is 4.98 Å². The minimum atomic E-state index is -0.242. The Labute approximate surface area is 165 Å². The highest BCUT2D eigenvalue weighted by Gasteiger charge is 2.45. The zero-order valence-electron chi connectivity index (χ0n) is 16.2. The van der Waals surface area contributed by atoms with Crippen LogP contribution in [0.2, 0.25) is 0 Å². The molecule has 0 bridgehead atoms. The van der Waals surface area contributed by atoms with Crippen LogP contribution in [0.15, 0.2) is 29.3 Å². The second-order valence-electron chi connectivity index (χ2n) is 8.28. The number of benzene rings is 1. The van der Waals surface area contributed by atoms with Crippen molar-refractivity contribution in [2.75, 3.05) is 18.8 Å². The largest absolute Gasteiger partial charge is 0.392 e. The highest BCUT2D eigenvalue weighted by atomic mass is 32.2. The van der Waals surface area contributed by atoms with Crippen LogP contribution in [0.25, 0.3) is 10.9 Å². The summed E-state index contributed by atoms with van der Waals surface area (Å²) in [6.07, 6.45) is 4.83. The Morgan fingerprint density at radius 1 is 1.30 bits per heavy atom. The number of likely N-dealkylation sites (tertiary alicyclic amines) is 1. The Kier molecular flexibility index (Phi) is 5.17. The van der Waals surface area contributed by atoms with Crippen molar-refractivity contribution in [3.63, 3.8) is 0 Å². The number of aryl methyl sites for hydroxylation is 2. The molecule has 2 atom stereocenters. The van der Waals surface area contributed by atoms with Crippen molar-refractivity contribution in [2.24, 2.45) is 5.41 Å². The van der Waals surface area contributed by atoms with Gasteiger partial charge in [0.05, 0.1) is 22.4 Å². The maximum absolute atomic E-state index is 12.8. The molecule has 1 amide bonds. The number of pyridine rings is 1. The van der Waals surface area contributed by atoms with Gasteiger partial charge in [0.1, 0.15) is 0 Å². The van der Waals surface area contributed by atoms with Crippen LogP contribution >= 0.6 is 11.8 Å². The van der Waals surface area contributed by atoms with Gasteiger partial charge in [-0.2, -0.15) is 0 Å². The van der Waals surface area contributed by atoms with Crippen LogP contribution < -0.4 is 0 Å². The van der Waals surface area contributed by atoms with Gasteiger partial charge < -0.3 is 10.0 Å². The van der Waals surface area contributed by atoms with E-state index in [4.69, 9.17) is 4.98 Å². The number of aromatic nitrogens is 1. The Bertz CT molecular complexity index is 869. The first-order chi connectivity index (χ1) is 13.0. The van der Waals surface area contributed by atoms with E-state index >= 15 is 0 Å². The molecule has 2 aliphatic rings. The van der Waals surface area contributed by atoms with Crippen molar-refractivity contribution in [2.45, 2.75) is 57.1 Å². The average Bonchev–Trinajstić information content (AvgIpc) is 3.00. The van der Waals surface area contributed by atoms with E-state index < -0.39 is 0 Å². The number of thioether (sulfide) groups is 1. The van der Waals surface area contributed by atoms with Crippen LogP contribution in [0.3, 0.4) is 0 Å². The molecule has 0 unspecified atom stereocenters. The lowest BCUT2D eigenvalue weighted by Gasteiger charge is -2.42. The Morgan fingerprint density at radius 2 is 2.11 bits per heavy atom. The molecule has 1 aliphatic carbocycles. The lowest BCUT2D eigenvalue weighted by atomic mass is 9.77. The van der Waals surface area contributed by atoms with E-state index in [1.165, 1.54) is 28.3 Å². The van der Waals surface area contributed by atoms with E-state index in [1.54, 1.807) is 0 Å². The Hall–Kier alpha value is -1.59. The van der Waals surface area contributed by atoms with Crippen LogP contribution in [0.4, 0.5) is 0 Å². The molecule has 1 aromatic heterocycles. The van der Waals surface area contributed by atoms with Gasteiger partial charge in [-0.3, -0.25) is 4.79 Å². The quantitative estimate of drug-likeness (QED) is 0.810. The maximum Gasteiger partial charge on any atom is 0.233 e. The molecule has 2 fully saturated rings. The second kappa shape index (κ2) is 7.44. The third-order valence-corrected chi connectivity index (χ3v) is 7.21. The summed E-state index contributed by atoms with van der Waals surface area (Å²) in [5, 5.41) is 12.5. The number of piperidine rings is 1. The van der Waals surface area contributed by atoms with Crippen LogP contribution in [-0.2, 0) is 4.79 Å². The number of fused-ring (bicyclic) bond motifs is 1. The fourth-order valence-corrected chi connectivity index (χ4v) is 5.62. The molecule has 4 nitrogen and oxygen atoms in total. The summed E-state index contributed by atoms with van der Waals surface area (Å²) in [6, 6.07) is 8.38. The molecule has 1 saturated carbocycles. The van der Waals surface area contributed by atoms with Gasteiger partial charge in [0.2, 0.25) is 5.91 Å². The van der Waals surface area contributed by atoms with Crippen LogP contribution in [-0.4, -0.2) is 45.8 Å². The first-order valence-electron chi connectivity index (χ1n) is 9.93. The van der Waals surface area contributed by atoms with Gasteiger partial charge in [0.25, 0.3) is 0 Å². The average molecular weight is 385 g/mol. The highest BCUT2D eigenvalue weighted by Crippen LogP contribution is 2.45. The van der Waals surface area contributed by atoms with Crippen molar-refractivity contribution in [3.8, 4) is 0 Å². The Morgan fingerprint density at radius 3 is 2.89 bits per heavy atom. The van der Waals surface area contributed by atoms with Crippen LogP contribution in [0, 0.1) is 19.3 Å². The fourth-order valence-electron chi connectivity index (χ4n) is 4.75. The second-order valence-corrected chi connectivity index (χ2v) is 9.27. The highest BCUT2D eigenvalue weighted by molar-refractivity contribution is 7.99. The standard InChI is InChI=1S/C22H28N2O2S/c1-15-6-7-18-17(11-15)16(2)12-20(23-18)27-13-21(26)24-10-4-9-22(14-24)8-3-5-19(22)25/h6-7,11-12,19,25H,3-5,8-10,13-14H2,1-2H3/t19-,22-/m1/s1. The summed E-state index contributed by atoms with van der Waals surface area (Å²) >= 11 is 1.52. The predicted octanol–water partition coefficient (Wildman–Crippen LogP) is 4.10. The zero-order valence-corrected chi connectivity index (χ0v) is 17.0. The molecule has 144 valence electrons. The van der Waals surface area contributed by atoms with E-state index in [0.29, 0.717) is 5.75 Å². The summed E-state index contributed by atoms with van der Waals surface area (Å²) in [6.45, 7) is 5.73. The van der Waals surface area contributed by atoms with Crippen molar-refractivity contribution in [1.82, 2.24) is 9.88 Å². The lowest BCUT2D eigenvalue weighted by molar-refractivity contribution is -0.133. The minimum Gasteiger partial charge on any atom is -0.392 e. The number of carbonyl (C=O) groups excluding carboxylic acids is 1. The van der Waals surface area contributed by atoms with Crippen LogP contribution in [0.1, 0.15) is 43.2 Å². The number of nitrogens with zero attached hydrogens (tertiary/aromatic N) is 2. The molecule has 1 saturated heterocycles. The van der Waals surface area contributed by atoms with E-state index in [2.05, 4.69) is 38.1 Å². The van der Waals surface area contributed by atoms with Gasteiger partial charge in [-0.05, 0) is 63.3 Å². The molecule has 4 rings (SSSR count). The lowest BCUT2D eigenvalue weighted by Crippen LogP contribution is -2.49. The molecule has 1 aliphatic heterocycles. The molecule has 2 heterocycles. The Balaban J connectivity index is 1.43. The van der Waals surface area contributed by atoms with Gasteiger partial charge in [-0.15, -0.1) is 0 Å². The molecule has 1 spiro atoms. The molecule has 0 radical (unpaired) electrons. The molecular formula is C22H28N2O2S. The number of hydrogen-bond donors (Lipinski definition) is 1. The number of hydrogen-bond acceptors (Lipinski definition) is 4. The molecule has 1 N–H and O–H groups in total. The summed E-state index contributed by atoms with van der Waals surface area (Å²) in [4.78, 5) is 19.5. The van der Waals surface area contributed by atoms with Crippen LogP contribution in [0.5, 0.6) is 0 Å². The summed E-state index contributed by atoms with van der Waals surface area (Å²) in [7, 11) is 0. The number of aliphatic hydroxyl groups is 1. The van der Waals surface area contributed by atoms with Crippen molar-refractivity contribution in [3.05, 3.63) is 35.4 Å². The van der Waals surface area contributed by atoms with Gasteiger partial charge >= 0.3 is 0 Å². The summed E-state index contributed by atoms with van der Waals surface area (Å²) in [5.41, 5.74) is 3.37. The molecule has 27 heavy (non-hydrogen) atoms. The number of carbonyl (C=O) groups is 1. The van der Waals surface area contributed by atoms with Gasteiger partial charge in [0, 0.05) is 23.9 Å². The maximum atomic E-state index is 12.8. The van der Waals surface area contributed by atoms with Crippen molar-refractivity contribution < 1.29 is 9.90 Å². The third-order valence-electron chi connectivity index (χ3n) is 6.31. The monoisotopic (exact) mass is 384 g/mol. The molecule has 5 heteroatoms. The van der Waals surface area contributed by atoms with E-state index in [0.717, 1.165) is 55.7 Å². The summed E-state index contributed by atoms with van der Waals surface area (Å²) < 4.78 is 0. The van der Waals surface area contributed by atoms with Crippen molar-refractivity contribution in [1.29, 1.82) is 0 Å². The van der Waals surface area contributed by atoms with E-state index in [1.807, 2.05) is 4.90 Å². The summed E-state index contributed by atoms with van der Waals surface area (Å²) in [5.74, 6) is 0.581.